The summed E-state index contributed by atoms with van der Waals surface area (Å²) in [5, 5.41) is 0. The van der Waals surface area contributed by atoms with Gasteiger partial charge in [0.25, 0.3) is 0 Å². The molecule has 0 atom stereocenters. The van der Waals surface area contributed by atoms with Crippen LogP contribution in [-0.2, 0) is 35.7 Å². The third-order valence-electron chi connectivity index (χ3n) is 0. The standard InChI is InChI=1S/4CO.Fe.2Na/c4*1-2;;;. The van der Waals surface area contributed by atoms with Crippen LogP contribution in [0.25, 0.3) is 0 Å². The molecule has 0 aromatic carbocycles. The third-order valence-corrected chi connectivity index (χ3v) is 0. The van der Waals surface area contributed by atoms with Crippen LogP contribution in [0.15, 0.2) is 0 Å². The Hall–Kier alpha value is 1.48. The van der Waals surface area contributed by atoms with Crippen LogP contribution in [0.5, 0.6) is 0 Å². The molecule has 0 amide bonds. The van der Waals surface area contributed by atoms with Gasteiger partial charge in [0.1, 0.15) is 0 Å². The smallest absolute Gasteiger partial charge is 0 e. The van der Waals surface area contributed by atoms with Gasteiger partial charge in [-0.1, -0.05) is 0 Å². The van der Waals surface area contributed by atoms with Crippen LogP contribution in [0.1, 0.15) is 0 Å². The van der Waals surface area contributed by atoms with E-state index < -0.39 is 0 Å². The second kappa shape index (κ2) is 576. The maximum Gasteiger partial charge on any atom is 0 e. The van der Waals surface area contributed by atoms with E-state index >= 15 is 0 Å². The Labute approximate surface area is 120 Å². The van der Waals surface area contributed by atoms with Gasteiger partial charge < -0.3 is 0 Å². The third kappa shape index (κ3) is 471. The van der Waals surface area contributed by atoms with Crippen molar-refractivity contribution in [1.82, 2.24) is 0 Å². The molecule has 0 aromatic rings. The van der Waals surface area contributed by atoms with Gasteiger partial charge in [0.15, 0.2) is 0 Å². The summed E-state index contributed by atoms with van der Waals surface area (Å²) in [7, 11) is 0. The molecule has 0 fully saturated rings. The van der Waals surface area contributed by atoms with Gasteiger partial charge in [0, 0.05) is 76.2 Å². The quantitative estimate of drug-likeness (QED) is 0.284. The Morgan fingerprint density at radius 3 is 0.455 bits per heavy atom. The fraction of sp³-hybridized carbons (Fsp3) is 0. The van der Waals surface area contributed by atoms with Gasteiger partial charge >= 0.3 is 45.2 Å². The summed E-state index contributed by atoms with van der Waals surface area (Å²) in [6, 6.07) is 0. The van der Waals surface area contributed by atoms with E-state index in [0.717, 1.165) is 0 Å². The minimum Gasteiger partial charge on any atom is 0 e. The summed E-state index contributed by atoms with van der Waals surface area (Å²) in [5.74, 6) is 0. The molecule has 0 spiro atoms. The van der Waals surface area contributed by atoms with Crippen LogP contribution in [0.3, 0.4) is 0 Å². The predicted molar refractivity (Wildman–Crippen MR) is 27.2 cm³/mol. The molecule has 0 aliphatic carbocycles. The molecule has 0 aliphatic heterocycles. The summed E-state index contributed by atoms with van der Waals surface area (Å²) < 4.78 is 30.0. The molecule has 0 unspecified atom stereocenters. The van der Waals surface area contributed by atoms with Crippen molar-refractivity contribution in [1.29, 1.82) is 0 Å². The summed E-state index contributed by atoms with van der Waals surface area (Å²) in [6.07, 6.45) is 0. The van der Waals surface area contributed by atoms with Gasteiger partial charge in [-0.2, -0.15) is 0 Å². The molecule has 50 valence electrons. The SMILES string of the molecule is [C-]#[O+].[C-]#[O+].[C-]#[O+].[C-]#[O+].[Fe].[Na].[Na]. The predicted octanol–water partition coefficient (Wildman–Crippen LogP) is -0.914. The zero-order valence-corrected chi connectivity index (χ0v) is 11.1. The molecule has 0 aromatic heterocycles. The Bertz CT molecular complexity index is 63.1. The fourth-order valence-corrected chi connectivity index (χ4v) is 0. The summed E-state index contributed by atoms with van der Waals surface area (Å²) in [5.41, 5.74) is 0. The van der Waals surface area contributed by atoms with Crippen LogP contribution in [0, 0.1) is 26.6 Å². The normalized spacial score (nSPS) is 0.727. The van der Waals surface area contributed by atoms with Crippen molar-refractivity contribution in [2.24, 2.45) is 0 Å². The first-order valence-electron chi connectivity index (χ1n) is 0.816. The van der Waals surface area contributed by atoms with E-state index in [1.54, 1.807) is 0 Å². The van der Waals surface area contributed by atoms with E-state index in [0.29, 0.717) is 0 Å². The van der Waals surface area contributed by atoms with E-state index in [1.807, 2.05) is 0 Å². The van der Waals surface area contributed by atoms with Crippen molar-refractivity contribution in [3.63, 3.8) is 0 Å². The average Bonchev–Trinajstić information content (AvgIpc) is 2.03. The molecule has 0 rings (SSSR count). The molecule has 4 nitrogen and oxygen atoms in total. The second-order valence-electron chi connectivity index (χ2n) is 0. The van der Waals surface area contributed by atoms with Crippen molar-refractivity contribution < 1.29 is 35.7 Å². The van der Waals surface area contributed by atoms with Gasteiger partial charge in [0.2, 0.25) is 0 Å². The molecular formula is C4FeNa2O4. The molecular weight excluding hydrogens is 214 g/mol. The first kappa shape index (κ1) is 54.8. The van der Waals surface area contributed by atoms with E-state index in [4.69, 9.17) is 18.6 Å². The Morgan fingerprint density at radius 1 is 0.455 bits per heavy atom. The van der Waals surface area contributed by atoms with Crippen LogP contribution >= 0.6 is 0 Å². The van der Waals surface area contributed by atoms with E-state index in [1.165, 1.54) is 0 Å². The molecule has 11 heavy (non-hydrogen) atoms. The fourth-order valence-electron chi connectivity index (χ4n) is 0. The molecule has 2 radical (unpaired) electrons. The maximum absolute atomic E-state index is 7.50. The molecule has 0 aliphatic rings. The summed E-state index contributed by atoms with van der Waals surface area (Å²) in [6.45, 7) is 18.0. The van der Waals surface area contributed by atoms with Crippen LogP contribution < -0.4 is 0 Å². The maximum atomic E-state index is 7.50. The summed E-state index contributed by atoms with van der Waals surface area (Å²) in [4.78, 5) is 0. The van der Waals surface area contributed by atoms with Crippen molar-refractivity contribution in [3.8, 4) is 0 Å². The Balaban J connectivity index is -0.00000000356. The van der Waals surface area contributed by atoms with E-state index in [9.17, 15) is 0 Å². The minimum absolute atomic E-state index is 0. The Morgan fingerprint density at radius 2 is 0.455 bits per heavy atom. The molecule has 0 bridgehead atoms. The van der Waals surface area contributed by atoms with Crippen molar-refractivity contribution >= 4 is 59.1 Å². The van der Waals surface area contributed by atoms with Gasteiger partial charge in [-0.15, -0.1) is 0 Å². The van der Waals surface area contributed by atoms with E-state index in [-0.39, 0.29) is 76.2 Å². The molecule has 0 saturated heterocycles. The van der Waals surface area contributed by atoms with Gasteiger partial charge in [0.05, 0.1) is 0 Å². The number of hydrogen-bond acceptors (Lipinski definition) is 0. The molecule has 0 saturated carbocycles. The molecule has 7 heteroatoms. The van der Waals surface area contributed by atoms with Crippen molar-refractivity contribution in [3.05, 3.63) is 26.6 Å². The van der Waals surface area contributed by atoms with Gasteiger partial charge in [-0.3, -0.25) is 0 Å². The Kier molecular flexibility index (Phi) is 2870. The van der Waals surface area contributed by atoms with Gasteiger partial charge in [-0.25, -0.2) is 0 Å². The zero-order valence-electron chi connectivity index (χ0n) is 5.99. The molecule has 0 N–H and O–H groups in total. The monoisotopic (exact) mass is 214 g/mol. The summed E-state index contributed by atoms with van der Waals surface area (Å²) >= 11 is 0. The number of hydrogen-bond donors (Lipinski definition) is 0. The van der Waals surface area contributed by atoms with Crippen LogP contribution in [-0.4, -0.2) is 59.1 Å². The van der Waals surface area contributed by atoms with Crippen molar-refractivity contribution in [2.45, 2.75) is 0 Å². The van der Waals surface area contributed by atoms with Gasteiger partial charge in [-0.05, 0) is 0 Å². The van der Waals surface area contributed by atoms with Crippen molar-refractivity contribution in [2.75, 3.05) is 0 Å². The average molecular weight is 214 g/mol. The minimum atomic E-state index is 0. The topological polar surface area (TPSA) is 79.6 Å². The largest absolute Gasteiger partial charge is 0 e. The zero-order chi connectivity index (χ0) is 8.00. The number of rotatable bonds is 0. The van der Waals surface area contributed by atoms with E-state index in [2.05, 4.69) is 26.6 Å². The molecule has 0 heterocycles. The van der Waals surface area contributed by atoms with Crippen LogP contribution in [0.4, 0.5) is 0 Å². The first-order chi connectivity index (χ1) is 4.00. The second-order valence-corrected chi connectivity index (χ2v) is 0. The first-order valence-corrected chi connectivity index (χ1v) is 0.816. The van der Waals surface area contributed by atoms with Crippen LogP contribution in [0.2, 0.25) is 0 Å².